The van der Waals surface area contributed by atoms with Crippen LogP contribution in [0.3, 0.4) is 0 Å². The molecule has 198 valence electrons. The molecule has 1 aliphatic rings. The average Bonchev–Trinajstić information content (AvgIpc) is 2.98. The second kappa shape index (κ2) is 12.8. The van der Waals surface area contributed by atoms with Gasteiger partial charge in [0.15, 0.2) is 0 Å². The van der Waals surface area contributed by atoms with Gasteiger partial charge in [-0.25, -0.2) is 9.97 Å². The number of hydrazine groups is 1. The summed E-state index contributed by atoms with van der Waals surface area (Å²) in [4.78, 5) is 23.9. The number of carbonyl (C=O) groups is 1. The van der Waals surface area contributed by atoms with E-state index in [1.165, 1.54) is 11.1 Å². The van der Waals surface area contributed by atoms with Crippen molar-refractivity contribution in [3.63, 3.8) is 0 Å². The van der Waals surface area contributed by atoms with E-state index in [0.717, 1.165) is 48.8 Å². The van der Waals surface area contributed by atoms with Gasteiger partial charge < -0.3 is 10.6 Å². The first-order valence-electron chi connectivity index (χ1n) is 13.1. The molecule has 1 saturated heterocycles. The summed E-state index contributed by atoms with van der Waals surface area (Å²) in [5, 5.41) is 6.72. The number of aryl methyl sites for hydroxylation is 1. The van der Waals surface area contributed by atoms with E-state index in [1.54, 1.807) is 12.4 Å². The summed E-state index contributed by atoms with van der Waals surface area (Å²) < 4.78 is 0. The van der Waals surface area contributed by atoms with E-state index in [0.29, 0.717) is 5.82 Å². The van der Waals surface area contributed by atoms with Gasteiger partial charge in [-0.15, -0.1) is 0 Å². The van der Waals surface area contributed by atoms with Gasteiger partial charge in [0.25, 0.3) is 5.91 Å². The van der Waals surface area contributed by atoms with Crippen molar-refractivity contribution in [2.45, 2.75) is 13.0 Å². The number of amides is 1. The second-order valence-electron chi connectivity index (χ2n) is 9.48. The van der Waals surface area contributed by atoms with Crippen LogP contribution in [0.4, 0.5) is 17.2 Å². The minimum Gasteiger partial charge on any atom is -0.340 e. The molecule has 8 nitrogen and oxygen atoms in total. The zero-order valence-corrected chi connectivity index (χ0v) is 22.0. The molecule has 3 aromatic carbocycles. The molecule has 1 fully saturated rings. The number of piperazine rings is 1. The van der Waals surface area contributed by atoms with Crippen molar-refractivity contribution < 1.29 is 4.79 Å². The fourth-order valence-corrected chi connectivity index (χ4v) is 4.62. The predicted molar refractivity (Wildman–Crippen MR) is 156 cm³/mol. The summed E-state index contributed by atoms with van der Waals surface area (Å²) in [7, 11) is 0. The van der Waals surface area contributed by atoms with E-state index in [1.807, 2.05) is 66.7 Å². The van der Waals surface area contributed by atoms with Crippen molar-refractivity contribution in [2.24, 2.45) is 0 Å². The standard InChI is InChI=1S/C31H33N7O/c1-23-7-5-11-26(19-23)35-30-21-28(33-22-34-30)25-10-6-12-27(20-25)36-37-31(39)14-13-29(24-8-3-2-4-9-24)38-17-15-32-16-18-38/h2-14,19-22,29,32,36H,15-18H2,1H3,(H,37,39)(H,33,34,35)/b14-13+. The van der Waals surface area contributed by atoms with Gasteiger partial charge in [0, 0.05) is 49.6 Å². The Labute approximate surface area is 229 Å². The normalized spacial score (nSPS) is 14.6. The largest absolute Gasteiger partial charge is 0.340 e. The highest BCUT2D eigenvalue weighted by atomic mass is 16.2. The van der Waals surface area contributed by atoms with E-state index < -0.39 is 0 Å². The highest BCUT2D eigenvalue weighted by Gasteiger charge is 2.20. The van der Waals surface area contributed by atoms with Gasteiger partial charge in [0.1, 0.15) is 12.1 Å². The highest BCUT2D eigenvalue weighted by molar-refractivity contribution is 5.88. The van der Waals surface area contributed by atoms with Crippen LogP contribution in [-0.4, -0.2) is 47.0 Å². The van der Waals surface area contributed by atoms with E-state index >= 15 is 0 Å². The molecule has 4 aromatic rings. The fraction of sp³-hybridized carbons (Fsp3) is 0.194. The number of aromatic nitrogens is 2. The Kier molecular flexibility index (Phi) is 8.58. The van der Waals surface area contributed by atoms with E-state index in [4.69, 9.17) is 0 Å². The van der Waals surface area contributed by atoms with Crippen LogP contribution >= 0.6 is 0 Å². The van der Waals surface area contributed by atoms with Gasteiger partial charge in [-0.2, -0.15) is 0 Å². The third kappa shape index (κ3) is 7.28. The summed E-state index contributed by atoms with van der Waals surface area (Å²) >= 11 is 0. The Hall–Kier alpha value is -4.53. The lowest BCUT2D eigenvalue weighted by Crippen LogP contribution is -2.44. The molecule has 0 bridgehead atoms. The molecule has 4 N–H and O–H groups in total. The molecular weight excluding hydrogens is 486 g/mol. The molecule has 2 heterocycles. The zero-order valence-electron chi connectivity index (χ0n) is 22.0. The van der Waals surface area contributed by atoms with E-state index in [2.05, 4.69) is 67.5 Å². The number of rotatable bonds is 9. The number of hydrogen-bond donors (Lipinski definition) is 4. The molecule has 0 saturated carbocycles. The SMILES string of the molecule is Cc1cccc(Nc2cc(-c3cccc(NNC(=O)/C=C/C(c4ccccc4)N4CCNCC4)c3)ncn2)c1. The lowest BCUT2D eigenvalue weighted by atomic mass is 10.0. The van der Waals surface area contributed by atoms with E-state index in [9.17, 15) is 4.79 Å². The summed E-state index contributed by atoms with van der Waals surface area (Å²) in [5.74, 6) is 0.489. The van der Waals surface area contributed by atoms with Crippen molar-refractivity contribution in [2.75, 3.05) is 36.9 Å². The molecule has 8 heteroatoms. The number of carbonyl (C=O) groups excluding carboxylic acids is 1. The maximum atomic E-state index is 12.7. The van der Waals surface area contributed by atoms with Gasteiger partial charge in [-0.05, 0) is 42.3 Å². The van der Waals surface area contributed by atoms with Crippen LogP contribution in [0, 0.1) is 6.92 Å². The number of nitrogens with one attached hydrogen (secondary N) is 4. The van der Waals surface area contributed by atoms with Crippen LogP contribution < -0.4 is 21.5 Å². The topological polar surface area (TPSA) is 94.2 Å². The molecule has 39 heavy (non-hydrogen) atoms. The van der Waals surface area contributed by atoms with Gasteiger partial charge in [-0.3, -0.25) is 20.5 Å². The van der Waals surface area contributed by atoms with Gasteiger partial charge >= 0.3 is 0 Å². The molecule has 0 radical (unpaired) electrons. The van der Waals surface area contributed by atoms with Gasteiger partial charge in [-0.1, -0.05) is 60.7 Å². The van der Waals surface area contributed by atoms with Crippen LogP contribution in [0.1, 0.15) is 17.2 Å². The predicted octanol–water partition coefficient (Wildman–Crippen LogP) is 4.84. The van der Waals surface area contributed by atoms with Crippen LogP contribution in [0.5, 0.6) is 0 Å². The summed E-state index contributed by atoms with van der Waals surface area (Å²) in [6.07, 6.45) is 5.11. The van der Waals surface area contributed by atoms with Crippen LogP contribution in [0.2, 0.25) is 0 Å². The van der Waals surface area contributed by atoms with Crippen molar-refractivity contribution in [3.05, 3.63) is 115 Å². The lowest BCUT2D eigenvalue weighted by Gasteiger charge is -2.33. The Morgan fingerprint density at radius 1 is 0.923 bits per heavy atom. The molecular formula is C31H33N7O. The number of benzene rings is 3. The quantitative estimate of drug-likeness (QED) is 0.186. The Bertz CT molecular complexity index is 1420. The minimum atomic E-state index is -0.219. The van der Waals surface area contributed by atoms with Crippen molar-refractivity contribution in [3.8, 4) is 11.3 Å². The molecule has 1 unspecified atom stereocenters. The molecule has 1 atom stereocenters. The lowest BCUT2D eigenvalue weighted by molar-refractivity contribution is -0.116. The smallest absolute Gasteiger partial charge is 0.262 e. The molecule has 1 aliphatic heterocycles. The summed E-state index contributed by atoms with van der Waals surface area (Å²) in [6, 6.07) is 28.1. The van der Waals surface area contributed by atoms with Gasteiger partial charge in [0.05, 0.1) is 17.4 Å². The zero-order chi connectivity index (χ0) is 26.9. The highest BCUT2D eigenvalue weighted by Crippen LogP contribution is 2.24. The Morgan fingerprint density at radius 3 is 2.54 bits per heavy atom. The maximum Gasteiger partial charge on any atom is 0.262 e. The first-order chi connectivity index (χ1) is 19.1. The van der Waals surface area contributed by atoms with Crippen LogP contribution in [-0.2, 0) is 4.79 Å². The van der Waals surface area contributed by atoms with Crippen LogP contribution in [0.15, 0.2) is 103 Å². The van der Waals surface area contributed by atoms with Crippen molar-refractivity contribution >= 4 is 23.1 Å². The molecule has 0 aliphatic carbocycles. The van der Waals surface area contributed by atoms with Crippen molar-refractivity contribution in [1.29, 1.82) is 0 Å². The maximum absolute atomic E-state index is 12.7. The molecule has 1 amide bonds. The molecule has 0 spiro atoms. The Balaban J connectivity index is 1.23. The summed E-state index contributed by atoms with van der Waals surface area (Å²) in [6.45, 7) is 5.80. The van der Waals surface area contributed by atoms with Crippen molar-refractivity contribution in [1.82, 2.24) is 25.6 Å². The molecule has 5 rings (SSSR count). The summed E-state index contributed by atoms with van der Waals surface area (Å²) in [5.41, 5.74) is 11.6. The minimum absolute atomic E-state index is 0.0442. The number of nitrogens with zero attached hydrogens (tertiary/aromatic N) is 3. The second-order valence-corrected chi connectivity index (χ2v) is 9.48. The monoisotopic (exact) mass is 519 g/mol. The van der Waals surface area contributed by atoms with Gasteiger partial charge in [0.2, 0.25) is 0 Å². The third-order valence-electron chi connectivity index (χ3n) is 6.56. The average molecular weight is 520 g/mol. The first-order valence-corrected chi connectivity index (χ1v) is 13.1. The number of anilines is 3. The molecule has 1 aromatic heterocycles. The Morgan fingerprint density at radius 2 is 1.72 bits per heavy atom. The first kappa shape index (κ1) is 26.1. The third-order valence-corrected chi connectivity index (χ3v) is 6.56. The van der Waals surface area contributed by atoms with E-state index in [-0.39, 0.29) is 11.9 Å². The number of hydrogen-bond acceptors (Lipinski definition) is 7. The van der Waals surface area contributed by atoms with Crippen LogP contribution in [0.25, 0.3) is 11.3 Å². The fourth-order valence-electron chi connectivity index (χ4n) is 4.62.